The van der Waals surface area contributed by atoms with E-state index in [1.807, 2.05) is 0 Å². The van der Waals surface area contributed by atoms with Gasteiger partial charge < -0.3 is 10.5 Å². The second-order valence-electron chi connectivity index (χ2n) is 4.30. The van der Waals surface area contributed by atoms with Crippen molar-refractivity contribution in [1.82, 2.24) is 4.98 Å². The Kier molecular flexibility index (Phi) is 4.73. The van der Waals surface area contributed by atoms with Crippen LogP contribution in [0.1, 0.15) is 5.56 Å². The van der Waals surface area contributed by atoms with E-state index in [4.69, 9.17) is 10.9 Å². The van der Waals surface area contributed by atoms with Crippen molar-refractivity contribution in [2.75, 3.05) is 16.8 Å². The molecule has 1 aromatic carbocycles. The summed E-state index contributed by atoms with van der Waals surface area (Å²) in [4.78, 5) is 3.92. The number of nitrogens with two attached hydrogens (primary N) is 1. The molecule has 0 amide bonds. The van der Waals surface area contributed by atoms with Gasteiger partial charge in [-0.05, 0) is 30.2 Å². The lowest BCUT2D eigenvalue weighted by atomic mass is 10.1. The second kappa shape index (κ2) is 6.53. The minimum atomic E-state index is -3.71. The fourth-order valence-corrected chi connectivity index (χ4v) is 2.81. The molecule has 0 spiro atoms. The summed E-state index contributed by atoms with van der Waals surface area (Å²) in [5, 5.41) is 8.84. The Morgan fingerprint density at radius 1 is 1.19 bits per heavy atom. The van der Waals surface area contributed by atoms with Gasteiger partial charge in [0.2, 0.25) is 0 Å². The number of benzene rings is 1. The molecule has 8 heteroatoms. The van der Waals surface area contributed by atoms with Crippen LogP contribution in [0.3, 0.4) is 0 Å². The van der Waals surface area contributed by atoms with Crippen molar-refractivity contribution in [3.63, 3.8) is 0 Å². The van der Waals surface area contributed by atoms with Gasteiger partial charge in [-0.15, -0.1) is 0 Å². The molecule has 0 atom stereocenters. The molecular formula is C13H16N4O3S. The number of aromatic nitrogens is 1. The molecular weight excluding hydrogens is 292 g/mol. The second-order valence-corrected chi connectivity index (χ2v) is 5.98. The number of nitrogens with one attached hydrogen (secondary N) is 2. The molecule has 0 fully saturated rings. The van der Waals surface area contributed by atoms with Crippen LogP contribution in [0.5, 0.6) is 0 Å². The minimum absolute atomic E-state index is 0.0525. The third kappa shape index (κ3) is 3.91. The first-order valence-corrected chi connectivity index (χ1v) is 7.69. The van der Waals surface area contributed by atoms with E-state index >= 15 is 0 Å². The summed E-state index contributed by atoms with van der Waals surface area (Å²) in [6, 6.07) is 9.52. The van der Waals surface area contributed by atoms with Gasteiger partial charge in [0, 0.05) is 24.6 Å². The Hall–Kier alpha value is -2.16. The summed E-state index contributed by atoms with van der Waals surface area (Å²) in [5.41, 5.74) is 3.67. The summed E-state index contributed by atoms with van der Waals surface area (Å²) < 4.78 is 26.9. The summed E-state index contributed by atoms with van der Waals surface area (Å²) in [6.07, 6.45) is 1.89. The molecule has 1 aromatic heterocycles. The number of rotatable bonds is 6. The van der Waals surface area contributed by atoms with E-state index in [1.54, 1.807) is 24.3 Å². The summed E-state index contributed by atoms with van der Waals surface area (Å²) in [7, 11) is -3.71. The minimum Gasteiger partial charge on any atom is -0.396 e. The third-order valence-corrected chi connectivity index (χ3v) is 4.18. The molecule has 1 heterocycles. The van der Waals surface area contributed by atoms with E-state index < -0.39 is 10.0 Å². The zero-order chi connectivity index (χ0) is 15.3. The number of nitrogens with zero attached hydrogens (tertiary/aromatic N) is 1. The smallest absolute Gasteiger partial charge is 0.262 e. The molecule has 0 aliphatic rings. The topological polar surface area (TPSA) is 117 Å². The van der Waals surface area contributed by atoms with Gasteiger partial charge in [0.25, 0.3) is 10.0 Å². The van der Waals surface area contributed by atoms with Gasteiger partial charge in [-0.2, -0.15) is 0 Å². The average molecular weight is 308 g/mol. The van der Waals surface area contributed by atoms with Crippen molar-refractivity contribution < 1.29 is 13.5 Å². The van der Waals surface area contributed by atoms with Crippen LogP contribution in [0.4, 0.5) is 11.5 Å². The lowest BCUT2D eigenvalue weighted by Gasteiger charge is -2.09. The highest BCUT2D eigenvalue weighted by molar-refractivity contribution is 7.92. The summed E-state index contributed by atoms with van der Waals surface area (Å²) in [5.74, 6) is 5.47. The number of hydrazine groups is 1. The molecule has 5 N–H and O–H groups in total. The molecule has 0 saturated heterocycles. The van der Waals surface area contributed by atoms with Crippen molar-refractivity contribution in [3.05, 3.63) is 48.2 Å². The molecule has 112 valence electrons. The van der Waals surface area contributed by atoms with Crippen molar-refractivity contribution in [1.29, 1.82) is 0 Å². The Labute approximate surface area is 122 Å². The van der Waals surface area contributed by atoms with Crippen LogP contribution in [0.15, 0.2) is 47.5 Å². The van der Waals surface area contributed by atoms with E-state index in [1.165, 1.54) is 18.3 Å². The van der Waals surface area contributed by atoms with Gasteiger partial charge >= 0.3 is 0 Å². The highest BCUT2D eigenvalue weighted by Crippen LogP contribution is 2.18. The van der Waals surface area contributed by atoms with Crippen LogP contribution in [-0.4, -0.2) is 25.1 Å². The number of aliphatic hydroxyl groups is 1. The van der Waals surface area contributed by atoms with Crippen molar-refractivity contribution >= 4 is 21.5 Å². The number of nitrogen functional groups attached to an aromatic ring is 1. The fourth-order valence-electron chi connectivity index (χ4n) is 1.74. The van der Waals surface area contributed by atoms with Crippen LogP contribution < -0.4 is 16.0 Å². The molecule has 2 aromatic rings. The fraction of sp³-hybridized carbons (Fsp3) is 0.154. The first kappa shape index (κ1) is 15.2. The molecule has 21 heavy (non-hydrogen) atoms. The summed E-state index contributed by atoms with van der Waals surface area (Å²) in [6.45, 7) is 0.0525. The lowest BCUT2D eigenvalue weighted by Crippen LogP contribution is -2.15. The molecule has 0 unspecified atom stereocenters. The number of hydrogen-bond acceptors (Lipinski definition) is 6. The first-order valence-electron chi connectivity index (χ1n) is 6.20. The number of anilines is 2. The zero-order valence-corrected chi connectivity index (χ0v) is 12.0. The molecule has 0 aliphatic carbocycles. The van der Waals surface area contributed by atoms with E-state index in [9.17, 15) is 8.42 Å². The Morgan fingerprint density at radius 2 is 1.90 bits per heavy atom. The highest BCUT2D eigenvalue weighted by atomic mass is 32.2. The van der Waals surface area contributed by atoms with Gasteiger partial charge in [-0.25, -0.2) is 19.2 Å². The maximum Gasteiger partial charge on any atom is 0.262 e. The highest BCUT2D eigenvalue weighted by Gasteiger charge is 2.14. The Bertz CT molecular complexity index is 702. The number of sulfonamides is 1. The quantitative estimate of drug-likeness (QED) is 0.461. The van der Waals surface area contributed by atoms with E-state index in [0.717, 1.165) is 5.56 Å². The van der Waals surface area contributed by atoms with E-state index in [2.05, 4.69) is 15.1 Å². The largest absolute Gasteiger partial charge is 0.396 e. The molecule has 0 bridgehead atoms. The number of aliphatic hydroxyl groups excluding tert-OH is 1. The standard InChI is InChI=1S/C13H16N4O3S/c14-16-13-9-12(5-7-15-13)21(19,20)17-11-3-1-10(2-4-11)6-8-18/h1-5,7,9,17-18H,6,8,14H2,(H,15,16). The Morgan fingerprint density at radius 3 is 2.52 bits per heavy atom. The van der Waals surface area contributed by atoms with Gasteiger partial charge in [0.15, 0.2) is 0 Å². The van der Waals surface area contributed by atoms with Crippen LogP contribution >= 0.6 is 0 Å². The predicted molar refractivity (Wildman–Crippen MR) is 80.1 cm³/mol. The van der Waals surface area contributed by atoms with E-state index in [0.29, 0.717) is 12.1 Å². The van der Waals surface area contributed by atoms with Crippen LogP contribution in [0.2, 0.25) is 0 Å². The van der Waals surface area contributed by atoms with Crippen molar-refractivity contribution in [2.45, 2.75) is 11.3 Å². The maximum atomic E-state index is 12.2. The van der Waals surface area contributed by atoms with Crippen LogP contribution in [0, 0.1) is 0 Å². The molecule has 0 aliphatic heterocycles. The SMILES string of the molecule is NNc1cc(S(=O)(=O)Nc2ccc(CCO)cc2)ccn1. The third-order valence-electron chi connectivity index (χ3n) is 2.80. The van der Waals surface area contributed by atoms with Crippen molar-refractivity contribution in [2.24, 2.45) is 5.84 Å². The Balaban J connectivity index is 2.20. The number of hydrogen-bond donors (Lipinski definition) is 4. The van der Waals surface area contributed by atoms with E-state index in [-0.39, 0.29) is 17.3 Å². The van der Waals surface area contributed by atoms with Gasteiger partial charge in [-0.3, -0.25) is 4.72 Å². The average Bonchev–Trinajstić information content (AvgIpc) is 2.49. The van der Waals surface area contributed by atoms with Gasteiger partial charge in [-0.1, -0.05) is 12.1 Å². The summed E-state index contributed by atoms with van der Waals surface area (Å²) >= 11 is 0. The van der Waals surface area contributed by atoms with Crippen LogP contribution in [0.25, 0.3) is 0 Å². The molecule has 0 radical (unpaired) electrons. The van der Waals surface area contributed by atoms with Crippen LogP contribution in [-0.2, 0) is 16.4 Å². The molecule has 0 saturated carbocycles. The van der Waals surface area contributed by atoms with Crippen molar-refractivity contribution in [3.8, 4) is 0 Å². The predicted octanol–water partition coefficient (Wildman–Crippen LogP) is 0.703. The number of pyridine rings is 1. The molecule has 2 rings (SSSR count). The zero-order valence-electron chi connectivity index (χ0n) is 11.2. The monoisotopic (exact) mass is 308 g/mol. The normalized spacial score (nSPS) is 11.1. The first-order chi connectivity index (χ1) is 10.0. The lowest BCUT2D eigenvalue weighted by molar-refractivity contribution is 0.299. The van der Waals surface area contributed by atoms with Gasteiger partial charge in [0.05, 0.1) is 4.90 Å². The molecule has 7 nitrogen and oxygen atoms in total. The maximum absolute atomic E-state index is 12.2. The van der Waals surface area contributed by atoms with Gasteiger partial charge in [0.1, 0.15) is 5.82 Å².